The maximum Gasteiger partial charge on any atom is 0.322 e. The topological polar surface area (TPSA) is 102 Å². The molecular weight excluding hydrogens is 378 g/mol. The smallest absolute Gasteiger partial charge is 0.322 e. The molecule has 0 saturated carbocycles. The monoisotopic (exact) mass is 391 g/mol. The van der Waals surface area contributed by atoms with Gasteiger partial charge in [0.1, 0.15) is 5.75 Å². The van der Waals surface area contributed by atoms with Crippen molar-refractivity contribution >= 4 is 33.4 Å². The lowest BCUT2D eigenvalue weighted by Crippen LogP contribution is -2.23. The van der Waals surface area contributed by atoms with Crippen LogP contribution < -0.4 is 5.32 Å². The van der Waals surface area contributed by atoms with E-state index < -0.39 is 21.5 Å². The number of carbonyl (C=O) groups excluding carboxylic acids is 1. The maximum atomic E-state index is 12.3. The summed E-state index contributed by atoms with van der Waals surface area (Å²) in [5.74, 6) is -1.40. The molecule has 0 aliphatic rings. The van der Waals surface area contributed by atoms with Gasteiger partial charge in [0.15, 0.2) is 9.84 Å². The van der Waals surface area contributed by atoms with Gasteiger partial charge >= 0.3 is 6.01 Å². The standard InChI is InChI=1S/C17H14ClN3O4S/c1-11-6-8-12(9-7-11)26(23,24)10-15(22)19-17-21-20-16(25-17)13-4-2-3-5-14(13)18/h2-9H,10H2,1H3,(H,19,21,22). The van der Waals surface area contributed by atoms with Gasteiger partial charge in [0.2, 0.25) is 5.91 Å². The second-order valence-electron chi connectivity index (χ2n) is 5.51. The van der Waals surface area contributed by atoms with Crippen LogP contribution in [0.25, 0.3) is 11.5 Å². The summed E-state index contributed by atoms with van der Waals surface area (Å²) in [4.78, 5) is 12.1. The van der Waals surface area contributed by atoms with E-state index in [1.165, 1.54) is 12.1 Å². The molecule has 0 unspecified atom stereocenters. The van der Waals surface area contributed by atoms with Gasteiger partial charge in [0.05, 0.1) is 15.5 Å². The predicted molar refractivity (Wildman–Crippen MR) is 96.6 cm³/mol. The molecule has 7 nitrogen and oxygen atoms in total. The van der Waals surface area contributed by atoms with Crippen LogP contribution in [0.15, 0.2) is 57.8 Å². The minimum absolute atomic E-state index is 0.0699. The molecule has 1 heterocycles. The average molecular weight is 392 g/mol. The van der Waals surface area contributed by atoms with E-state index in [1.807, 2.05) is 6.92 Å². The molecule has 0 fully saturated rings. The highest BCUT2D eigenvalue weighted by Gasteiger charge is 2.21. The molecule has 0 aliphatic heterocycles. The SMILES string of the molecule is Cc1ccc(S(=O)(=O)CC(=O)Nc2nnc(-c3ccccc3Cl)o2)cc1. The van der Waals surface area contributed by atoms with Gasteiger partial charge in [-0.25, -0.2) is 8.42 Å². The molecule has 1 N–H and O–H groups in total. The molecular formula is C17H14ClN3O4S. The van der Waals surface area contributed by atoms with Crippen molar-refractivity contribution in [2.75, 3.05) is 11.1 Å². The Morgan fingerprint density at radius 1 is 1.12 bits per heavy atom. The zero-order valence-electron chi connectivity index (χ0n) is 13.6. The number of hydrogen-bond donors (Lipinski definition) is 1. The van der Waals surface area contributed by atoms with Gasteiger partial charge in [-0.1, -0.05) is 46.5 Å². The van der Waals surface area contributed by atoms with Gasteiger partial charge in [0.25, 0.3) is 5.89 Å². The van der Waals surface area contributed by atoms with E-state index in [0.717, 1.165) is 5.56 Å². The van der Waals surface area contributed by atoms with E-state index in [9.17, 15) is 13.2 Å². The molecule has 0 bridgehead atoms. The van der Waals surface area contributed by atoms with Crippen molar-refractivity contribution < 1.29 is 17.6 Å². The third kappa shape index (κ3) is 4.09. The number of aromatic nitrogens is 2. The Bertz CT molecular complexity index is 1050. The van der Waals surface area contributed by atoms with Crippen LogP contribution in [0.3, 0.4) is 0 Å². The van der Waals surface area contributed by atoms with Crippen LogP contribution in [0, 0.1) is 6.92 Å². The minimum atomic E-state index is -3.77. The summed E-state index contributed by atoms with van der Waals surface area (Å²) in [6.07, 6.45) is 0. The molecule has 0 aliphatic carbocycles. The van der Waals surface area contributed by atoms with E-state index >= 15 is 0 Å². The van der Waals surface area contributed by atoms with Crippen molar-refractivity contribution in [3.8, 4) is 11.5 Å². The van der Waals surface area contributed by atoms with Crippen LogP contribution >= 0.6 is 11.6 Å². The molecule has 3 rings (SSSR count). The summed E-state index contributed by atoms with van der Waals surface area (Å²) in [6.45, 7) is 1.84. The average Bonchev–Trinajstić information content (AvgIpc) is 3.03. The molecule has 0 saturated heterocycles. The molecule has 1 aromatic heterocycles. The Morgan fingerprint density at radius 2 is 1.81 bits per heavy atom. The Morgan fingerprint density at radius 3 is 2.50 bits per heavy atom. The highest BCUT2D eigenvalue weighted by Crippen LogP contribution is 2.27. The number of benzene rings is 2. The maximum absolute atomic E-state index is 12.3. The number of aryl methyl sites for hydroxylation is 1. The molecule has 0 atom stereocenters. The van der Waals surface area contributed by atoms with Crippen LogP contribution in [-0.2, 0) is 14.6 Å². The van der Waals surface area contributed by atoms with Crippen molar-refractivity contribution in [3.05, 3.63) is 59.1 Å². The number of carbonyl (C=O) groups is 1. The zero-order chi connectivity index (χ0) is 18.7. The fraction of sp³-hybridized carbons (Fsp3) is 0.118. The number of nitrogens with one attached hydrogen (secondary N) is 1. The fourth-order valence-corrected chi connectivity index (χ4v) is 3.53. The number of hydrogen-bond acceptors (Lipinski definition) is 6. The molecule has 2 aromatic carbocycles. The minimum Gasteiger partial charge on any atom is -0.403 e. The van der Waals surface area contributed by atoms with Gasteiger partial charge in [-0.3, -0.25) is 10.1 Å². The van der Waals surface area contributed by atoms with Crippen molar-refractivity contribution in [2.24, 2.45) is 0 Å². The van der Waals surface area contributed by atoms with E-state index in [1.54, 1.807) is 36.4 Å². The Hall–Kier alpha value is -2.71. The van der Waals surface area contributed by atoms with Gasteiger partial charge in [-0.2, -0.15) is 0 Å². The largest absolute Gasteiger partial charge is 0.403 e. The Kier molecular flexibility index (Phi) is 5.06. The summed E-state index contributed by atoms with van der Waals surface area (Å²) in [5, 5.41) is 10.2. The first-order valence-electron chi connectivity index (χ1n) is 7.53. The lowest BCUT2D eigenvalue weighted by Gasteiger charge is -2.04. The van der Waals surface area contributed by atoms with E-state index in [0.29, 0.717) is 10.6 Å². The van der Waals surface area contributed by atoms with Crippen LogP contribution in [0.4, 0.5) is 6.01 Å². The van der Waals surface area contributed by atoms with E-state index in [2.05, 4.69) is 15.5 Å². The quantitative estimate of drug-likeness (QED) is 0.716. The highest BCUT2D eigenvalue weighted by atomic mass is 35.5. The lowest BCUT2D eigenvalue weighted by molar-refractivity contribution is -0.114. The second-order valence-corrected chi connectivity index (χ2v) is 7.91. The highest BCUT2D eigenvalue weighted by molar-refractivity contribution is 7.92. The van der Waals surface area contributed by atoms with E-state index in [4.69, 9.17) is 16.0 Å². The first-order valence-corrected chi connectivity index (χ1v) is 9.56. The van der Waals surface area contributed by atoms with Crippen molar-refractivity contribution in [1.82, 2.24) is 10.2 Å². The first-order chi connectivity index (χ1) is 12.3. The molecule has 0 spiro atoms. The van der Waals surface area contributed by atoms with Crippen molar-refractivity contribution in [3.63, 3.8) is 0 Å². The first kappa shape index (κ1) is 18.1. The van der Waals surface area contributed by atoms with Crippen LogP contribution in [-0.4, -0.2) is 30.3 Å². The molecule has 26 heavy (non-hydrogen) atoms. The summed E-state index contributed by atoms with van der Waals surface area (Å²) in [5.41, 5.74) is 1.43. The Balaban J connectivity index is 1.71. The molecule has 3 aromatic rings. The summed E-state index contributed by atoms with van der Waals surface area (Å²) < 4.78 is 29.9. The summed E-state index contributed by atoms with van der Waals surface area (Å²) >= 11 is 6.05. The predicted octanol–water partition coefficient (Wildman–Crippen LogP) is 3.11. The van der Waals surface area contributed by atoms with E-state index in [-0.39, 0.29) is 16.8 Å². The van der Waals surface area contributed by atoms with Crippen LogP contribution in [0.2, 0.25) is 5.02 Å². The normalized spacial score (nSPS) is 11.3. The number of halogens is 1. The van der Waals surface area contributed by atoms with Gasteiger partial charge in [-0.15, -0.1) is 5.10 Å². The third-order valence-corrected chi connectivity index (χ3v) is 5.44. The molecule has 9 heteroatoms. The lowest BCUT2D eigenvalue weighted by atomic mass is 10.2. The number of anilines is 1. The number of rotatable bonds is 5. The van der Waals surface area contributed by atoms with Crippen molar-refractivity contribution in [1.29, 1.82) is 0 Å². The van der Waals surface area contributed by atoms with Gasteiger partial charge in [-0.05, 0) is 31.2 Å². The zero-order valence-corrected chi connectivity index (χ0v) is 15.2. The number of sulfone groups is 1. The Labute approximate surface area is 154 Å². The van der Waals surface area contributed by atoms with Crippen molar-refractivity contribution in [2.45, 2.75) is 11.8 Å². The van der Waals surface area contributed by atoms with Crippen LogP contribution in [0.5, 0.6) is 0 Å². The number of amides is 1. The van der Waals surface area contributed by atoms with Gasteiger partial charge < -0.3 is 4.42 Å². The second kappa shape index (κ2) is 7.27. The van der Waals surface area contributed by atoms with Crippen LogP contribution in [0.1, 0.15) is 5.56 Å². The fourth-order valence-electron chi connectivity index (χ4n) is 2.17. The summed E-state index contributed by atoms with van der Waals surface area (Å²) in [6, 6.07) is 12.9. The van der Waals surface area contributed by atoms with Gasteiger partial charge in [0, 0.05) is 0 Å². The summed E-state index contributed by atoms with van der Waals surface area (Å²) in [7, 11) is -3.77. The number of nitrogens with zero attached hydrogens (tertiary/aromatic N) is 2. The molecule has 1 amide bonds. The molecule has 0 radical (unpaired) electrons. The third-order valence-electron chi connectivity index (χ3n) is 3.48. The molecule has 134 valence electrons.